The number of hydrogen-bond acceptors (Lipinski definition) is 1. The van der Waals surface area contributed by atoms with E-state index in [1.807, 2.05) is 35.2 Å². The van der Waals surface area contributed by atoms with Crippen LogP contribution in [0.2, 0.25) is 0 Å². The van der Waals surface area contributed by atoms with Crippen molar-refractivity contribution in [2.75, 3.05) is 6.54 Å². The van der Waals surface area contributed by atoms with Gasteiger partial charge in [0.25, 0.3) is 5.91 Å². The number of amides is 1. The molecule has 1 aliphatic heterocycles. The molecule has 0 aromatic heterocycles. The molecule has 0 radical (unpaired) electrons. The molecule has 3 rings (SSSR count). The molecule has 1 aromatic carbocycles. The number of rotatable bonds is 1. The van der Waals surface area contributed by atoms with Gasteiger partial charge in [-0.1, -0.05) is 30.4 Å². The lowest BCUT2D eigenvalue weighted by molar-refractivity contribution is 0.0747. The zero-order valence-electron chi connectivity index (χ0n) is 8.47. The van der Waals surface area contributed by atoms with E-state index >= 15 is 0 Å². The first-order valence-electron chi connectivity index (χ1n) is 5.40. The highest BCUT2D eigenvalue weighted by atomic mass is 16.2. The summed E-state index contributed by atoms with van der Waals surface area (Å²) in [6, 6.07) is 9.91. The van der Waals surface area contributed by atoms with Gasteiger partial charge in [0.1, 0.15) is 0 Å². The molecule has 1 saturated heterocycles. The lowest BCUT2D eigenvalue weighted by Gasteiger charge is -2.29. The van der Waals surface area contributed by atoms with Crippen LogP contribution in [-0.4, -0.2) is 23.4 Å². The van der Waals surface area contributed by atoms with Gasteiger partial charge in [-0.3, -0.25) is 4.79 Å². The Balaban J connectivity index is 1.84. The van der Waals surface area contributed by atoms with Crippen molar-refractivity contribution in [1.29, 1.82) is 0 Å². The average Bonchev–Trinajstić information content (AvgIpc) is 2.54. The largest absolute Gasteiger partial charge is 0.332 e. The molecular weight excluding hydrogens is 186 g/mol. The summed E-state index contributed by atoms with van der Waals surface area (Å²) in [5.41, 5.74) is 0.804. The highest BCUT2D eigenvalue weighted by Gasteiger charge is 2.38. The fraction of sp³-hybridized carbons (Fsp3) is 0.308. The van der Waals surface area contributed by atoms with Gasteiger partial charge in [0.2, 0.25) is 0 Å². The minimum atomic E-state index is 0.174. The van der Waals surface area contributed by atoms with Crippen molar-refractivity contribution in [3.8, 4) is 0 Å². The van der Waals surface area contributed by atoms with Crippen LogP contribution in [0.5, 0.6) is 0 Å². The molecule has 15 heavy (non-hydrogen) atoms. The van der Waals surface area contributed by atoms with Crippen molar-refractivity contribution >= 4 is 5.91 Å². The van der Waals surface area contributed by atoms with E-state index in [-0.39, 0.29) is 5.91 Å². The lowest BCUT2D eigenvalue weighted by Crippen LogP contribution is -2.39. The number of fused-ring (bicyclic) bond motifs is 1. The molecule has 2 aliphatic rings. The summed E-state index contributed by atoms with van der Waals surface area (Å²) >= 11 is 0. The van der Waals surface area contributed by atoms with Gasteiger partial charge < -0.3 is 4.90 Å². The normalized spacial score (nSPS) is 27.3. The number of nitrogens with zero attached hydrogens (tertiary/aromatic N) is 1. The molecule has 2 nitrogen and oxygen atoms in total. The number of carbonyl (C=O) groups is 1. The van der Waals surface area contributed by atoms with E-state index < -0.39 is 0 Å². The summed E-state index contributed by atoms with van der Waals surface area (Å²) < 4.78 is 0. The predicted molar refractivity (Wildman–Crippen MR) is 58.5 cm³/mol. The van der Waals surface area contributed by atoms with Crippen LogP contribution >= 0.6 is 0 Å². The van der Waals surface area contributed by atoms with Gasteiger partial charge >= 0.3 is 0 Å². The van der Waals surface area contributed by atoms with Crippen molar-refractivity contribution in [1.82, 2.24) is 4.90 Å². The van der Waals surface area contributed by atoms with Gasteiger partial charge in [-0.2, -0.15) is 0 Å². The maximum absolute atomic E-state index is 12.1. The third kappa shape index (κ3) is 1.29. The first kappa shape index (κ1) is 8.72. The van der Waals surface area contributed by atoms with Gasteiger partial charge in [0.05, 0.1) is 6.04 Å². The fourth-order valence-corrected chi connectivity index (χ4v) is 2.39. The molecule has 2 heteroatoms. The minimum Gasteiger partial charge on any atom is -0.332 e. The maximum atomic E-state index is 12.1. The molecule has 1 aliphatic carbocycles. The van der Waals surface area contributed by atoms with Gasteiger partial charge in [0, 0.05) is 18.0 Å². The summed E-state index contributed by atoms with van der Waals surface area (Å²) in [7, 11) is 0. The van der Waals surface area contributed by atoms with E-state index in [9.17, 15) is 4.79 Å². The van der Waals surface area contributed by atoms with Crippen molar-refractivity contribution in [3.05, 3.63) is 48.0 Å². The number of likely N-dealkylation sites (tertiary alicyclic amines) is 1. The van der Waals surface area contributed by atoms with E-state index in [0.717, 1.165) is 18.5 Å². The SMILES string of the molecule is O=C(c1ccccc1)N1CC[C@H]2C=C[C@H]21. The molecular formula is C13H13NO. The zero-order chi connectivity index (χ0) is 10.3. The standard InChI is InChI=1S/C13H13NO/c15-13(11-4-2-1-3-5-11)14-9-8-10-6-7-12(10)14/h1-7,10,12H,8-9H2/t10-,12-/m1/s1. The molecule has 0 bridgehead atoms. The third-order valence-electron chi connectivity index (χ3n) is 3.34. The van der Waals surface area contributed by atoms with E-state index in [1.165, 1.54) is 0 Å². The topological polar surface area (TPSA) is 20.3 Å². The van der Waals surface area contributed by atoms with Crippen molar-refractivity contribution < 1.29 is 4.79 Å². The molecule has 76 valence electrons. The third-order valence-corrected chi connectivity index (χ3v) is 3.34. The molecule has 1 fully saturated rings. The molecule has 0 spiro atoms. The van der Waals surface area contributed by atoms with Gasteiger partial charge in [0.15, 0.2) is 0 Å². The number of hydrogen-bond donors (Lipinski definition) is 0. The Labute approximate surface area is 89.2 Å². The van der Waals surface area contributed by atoms with Gasteiger partial charge in [-0.15, -0.1) is 0 Å². The second-order valence-corrected chi connectivity index (χ2v) is 4.19. The molecule has 1 amide bonds. The van der Waals surface area contributed by atoms with Crippen LogP contribution in [0.25, 0.3) is 0 Å². The Bertz CT molecular complexity index is 410. The van der Waals surface area contributed by atoms with Crippen LogP contribution in [0.3, 0.4) is 0 Å². The quantitative estimate of drug-likeness (QED) is 0.634. The van der Waals surface area contributed by atoms with Crippen molar-refractivity contribution in [2.45, 2.75) is 12.5 Å². The van der Waals surface area contributed by atoms with E-state index in [1.54, 1.807) is 0 Å². The molecule has 0 N–H and O–H groups in total. The van der Waals surface area contributed by atoms with E-state index in [4.69, 9.17) is 0 Å². The Morgan fingerprint density at radius 3 is 2.60 bits per heavy atom. The van der Waals surface area contributed by atoms with Crippen LogP contribution in [0.1, 0.15) is 16.8 Å². The van der Waals surface area contributed by atoms with Gasteiger partial charge in [-0.05, 0) is 18.6 Å². The van der Waals surface area contributed by atoms with Gasteiger partial charge in [-0.25, -0.2) is 0 Å². The maximum Gasteiger partial charge on any atom is 0.254 e. The summed E-state index contributed by atoms with van der Waals surface area (Å²) in [5, 5.41) is 0. The monoisotopic (exact) mass is 199 g/mol. The van der Waals surface area contributed by atoms with Crippen LogP contribution in [0, 0.1) is 5.92 Å². The average molecular weight is 199 g/mol. The Hall–Kier alpha value is -1.57. The minimum absolute atomic E-state index is 0.174. The molecule has 0 unspecified atom stereocenters. The Kier molecular flexibility index (Phi) is 1.88. The summed E-state index contributed by atoms with van der Waals surface area (Å²) in [6.45, 7) is 0.899. The second-order valence-electron chi connectivity index (χ2n) is 4.19. The highest BCUT2D eigenvalue weighted by Crippen LogP contribution is 2.34. The smallest absolute Gasteiger partial charge is 0.254 e. The Morgan fingerprint density at radius 2 is 2.00 bits per heavy atom. The lowest BCUT2D eigenvalue weighted by atomic mass is 9.90. The van der Waals surface area contributed by atoms with Crippen molar-refractivity contribution in [3.63, 3.8) is 0 Å². The van der Waals surface area contributed by atoms with Crippen LogP contribution < -0.4 is 0 Å². The first-order valence-corrected chi connectivity index (χ1v) is 5.40. The fourth-order valence-electron chi connectivity index (χ4n) is 2.39. The highest BCUT2D eigenvalue weighted by molar-refractivity contribution is 5.94. The molecule has 0 saturated carbocycles. The summed E-state index contributed by atoms with van der Waals surface area (Å²) in [4.78, 5) is 14.1. The molecule has 2 atom stereocenters. The van der Waals surface area contributed by atoms with Crippen LogP contribution in [0.15, 0.2) is 42.5 Å². The van der Waals surface area contributed by atoms with Crippen LogP contribution in [0.4, 0.5) is 0 Å². The Morgan fingerprint density at radius 1 is 1.20 bits per heavy atom. The second kappa shape index (κ2) is 3.23. The first-order chi connectivity index (χ1) is 7.36. The number of carbonyl (C=O) groups excluding carboxylic acids is 1. The molecule has 1 aromatic rings. The van der Waals surface area contributed by atoms with Crippen molar-refractivity contribution in [2.24, 2.45) is 5.92 Å². The summed E-state index contributed by atoms with van der Waals surface area (Å²) in [6.07, 6.45) is 5.47. The summed E-state index contributed by atoms with van der Waals surface area (Å²) in [5.74, 6) is 0.796. The van der Waals surface area contributed by atoms with E-state index in [2.05, 4.69) is 12.2 Å². The molecule has 1 heterocycles. The van der Waals surface area contributed by atoms with Crippen LogP contribution in [-0.2, 0) is 0 Å². The number of benzene rings is 1. The zero-order valence-corrected chi connectivity index (χ0v) is 8.47. The van der Waals surface area contributed by atoms with E-state index in [0.29, 0.717) is 12.0 Å². The predicted octanol–water partition coefficient (Wildman–Crippen LogP) is 2.09.